The van der Waals surface area contributed by atoms with E-state index in [-0.39, 0.29) is 31.1 Å². The third kappa shape index (κ3) is 70.3. The van der Waals surface area contributed by atoms with Gasteiger partial charge < -0.3 is 14.2 Å². The van der Waals surface area contributed by atoms with Gasteiger partial charge in [0.2, 0.25) is 0 Å². The Bertz CT molecular complexity index is 1380. The number of rotatable bonds is 70. The topological polar surface area (TPSA) is 78.9 Å². The highest BCUT2D eigenvalue weighted by Gasteiger charge is 2.20. The maximum atomic E-state index is 13.0. The van der Waals surface area contributed by atoms with E-state index in [1.165, 1.54) is 315 Å². The normalized spacial score (nSPS) is 12.2. The van der Waals surface area contributed by atoms with Gasteiger partial charge in [-0.3, -0.25) is 14.4 Å². The van der Waals surface area contributed by atoms with Crippen LogP contribution < -0.4 is 0 Å². The van der Waals surface area contributed by atoms with Gasteiger partial charge in [0.05, 0.1) is 0 Å². The molecule has 83 heavy (non-hydrogen) atoms. The van der Waals surface area contributed by atoms with Crippen molar-refractivity contribution in [2.45, 2.75) is 425 Å². The molecule has 0 heterocycles. The van der Waals surface area contributed by atoms with E-state index in [4.69, 9.17) is 14.2 Å². The summed E-state index contributed by atoms with van der Waals surface area (Å²) in [6, 6.07) is 0. The van der Waals surface area contributed by atoms with E-state index in [1.54, 1.807) is 0 Å². The molecule has 0 N–H and O–H groups in total. The standard InChI is InChI=1S/C77H144O6/c1-4-7-10-13-16-19-22-25-28-31-32-33-34-35-36-37-38-39-40-41-42-43-44-47-49-52-55-58-61-64-67-70-76(79)82-73-74(83-77(80)71-68-65-62-59-56-53-50-46-30-27-24-21-18-15-12-9-6-3)72-81-75(78)69-66-63-60-57-54-51-48-45-29-26-23-20-17-14-11-8-5-2/h22,25,27,30-32,74H,4-21,23-24,26,28-29,33-73H2,1-3H3/b25-22-,30-27-,32-31-. The van der Waals surface area contributed by atoms with Crippen LogP contribution in [0.5, 0.6) is 0 Å². The SMILES string of the molecule is CCCCCCC/C=C\C/C=C\CCCCCCCCCCCCCCCCCCCCCC(=O)OCC(COC(=O)CCCCCCCCCCCCCCCCCCC)OC(=O)CCCCCCCCC/C=C\CCCCCCCC. The van der Waals surface area contributed by atoms with E-state index >= 15 is 0 Å². The lowest BCUT2D eigenvalue weighted by Crippen LogP contribution is -2.30. The summed E-state index contributed by atoms with van der Waals surface area (Å²) in [5.74, 6) is -0.838. The lowest BCUT2D eigenvalue weighted by molar-refractivity contribution is -0.167. The Morgan fingerprint density at radius 3 is 0.675 bits per heavy atom. The molecule has 6 heteroatoms. The van der Waals surface area contributed by atoms with E-state index in [0.717, 1.165) is 64.2 Å². The zero-order valence-corrected chi connectivity index (χ0v) is 56.2. The first-order valence-corrected chi connectivity index (χ1v) is 37.5. The highest BCUT2D eigenvalue weighted by molar-refractivity contribution is 5.71. The fraction of sp³-hybridized carbons (Fsp3) is 0.883. The Hall–Kier alpha value is -2.37. The molecule has 0 fully saturated rings. The molecule has 0 aromatic rings. The summed E-state index contributed by atoms with van der Waals surface area (Å²) in [6.07, 6.45) is 90.4. The number of ether oxygens (including phenoxy) is 3. The van der Waals surface area contributed by atoms with Crippen molar-refractivity contribution >= 4 is 17.9 Å². The number of hydrogen-bond acceptors (Lipinski definition) is 6. The Kier molecular flexibility index (Phi) is 70.0. The Balaban J connectivity index is 4.19. The monoisotopic (exact) mass is 1170 g/mol. The van der Waals surface area contributed by atoms with Crippen molar-refractivity contribution in [2.75, 3.05) is 13.2 Å². The first kappa shape index (κ1) is 80.6. The molecule has 0 aromatic heterocycles. The average molecular weight is 1170 g/mol. The molecule has 0 aliphatic carbocycles. The van der Waals surface area contributed by atoms with Crippen LogP contribution in [-0.4, -0.2) is 37.2 Å². The van der Waals surface area contributed by atoms with Crippen molar-refractivity contribution in [1.29, 1.82) is 0 Å². The highest BCUT2D eigenvalue weighted by Crippen LogP contribution is 2.19. The zero-order valence-electron chi connectivity index (χ0n) is 56.2. The second-order valence-corrected chi connectivity index (χ2v) is 25.6. The molecule has 0 saturated heterocycles. The Morgan fingerprint density at radius 1 is 0.241 bits per heavy atom. The Morgan fingerprint density at radius 2 is 0.434 bits per heavy atom. The minimum atomic E-state index is -0.772. The van der Waals surface area contributed by atoms with Gasteiger partial charge in [-0.05, 0) is 77.0 Å². The summed E-state index contributed by atoms with van der Waals surface area (Å²) in [5, 5.41) is 0. The minimum Gasteiger partial charge on any atom is -0.462 e. The van der Waals surface area contributed by atoms with E-state index in [1.807, 2.05) is 0 Å². The number of esters is 3. The van der Waals surface area contributed by atoms with Crippen LogP contribution in [0.3, 0.4) is 0 Å². The quantitative estimate of drug-likeness (QED) is 0.0261. The summed E-state index contributed by atoms with van der Waals surface area (Å²) in [7, 11) is 0. The van der Waals surface area contributed by atoms with Gasteiger partial charge in [0.1, 0.15) is 13.2 Å². The van der Waals surface area contributed by atoms with E-state index in [0.29, 0.717) is 19.3 Å². The smallest absolute Gasteiger partial charge is 0.306 e. The van der Waals surface area contributed by atoms with Crippen LogP contribution in [0.2, 0.25) is 0 Å². The fourth-order valence-corrected chi connectivity index (χ4v) is 11.5. The van der Waals surface area contributed by atoms with Gasteiger partial charge in [-0.1, -0.05) is 359 Å². The van der Waals surface area contributed by atoms with Crippen molar-refractivity contribution in [3.63, 3.8) is 0 Å². The first-order chi connectivity index (χ1) is 41.0. The summed E-state index contributed by atoms with van der Waals surface area (Å²) >= 11 is 0. The number of unbranched alkanes of at least 4 members (excludes halogenated alkanes) is 53. The van der Waals surface area contributed by atoms with Crippen molar-refractivity contribution in [1.82, 2.24) is 0 Å². The van der Waals surface area contributed by atoms with Crippen LogP contribution in [0.15, 0.2) is 36.5 Å². The van der Waals surface area contributed by atoms with Gasteiger partial charge in [0.25, 0.3) is 0 Å². The molecule has 0 bridgehead atoms. The molecular formula is C77H144O6. The number of hydrogen-bond donors (Lipinski definition) is 0. The van der Waals surface area contributed by atoms with Crippen LogP contribution in [0, 0.1) is 0 Å². The second-order valence-electron chi connectivity index (χ2n) is 25.6. The molecule has 0 aliphatic heterocycles. The molecule has 0 aliphatic rings. The minimum absolute atomic E-state index is 0.0672. The van der Waals surface area contributed by atoms with Crippen LogP contribution in [0.4, 0.5) is 0 Å². The molecule has 0 amide bonds. The number of allylic oxidation sites excluding steroid dienone is 6. The van der Waals surface area contributed by atoms with Crippen molar-refractivity contribution < 1.29 is 28.6 Å². The molecule has 0 spiro atoms. The predicted octanol–water partition coefficient (Wildman–Crippen LogP) is 25.9. The summed E-state index contributed by atoms with van der Waals surface area (Å²) in [6.45, 7) is 6.71. The van der Waals surface area contributed by atoms with Crippen LogP contribution in [-0.2, 0) is 28.6 Å². The van der Waals surface area contributed by atoms with Gasteiger partial charge in [0.15, 0.2) is 6.10 Å². The molecule has 488 valence electrons. The van der Waals surface area contributed by atoms with Gasteiger partial charge >= 0.3 is 17.9 Å². The largest absolute Gasteiger partial charge is 0.462 e. The van der Waals surface area contributed by atoms with Gasteiger partial charge in [-0.2, -0.15) is 0 Å². The molecule has 1 unspecified atom stereocenters. The summed E-state index contributed by atoms with van der Waals surface area (Å²) < 4.78 is 17.0. The van der Waals surface area contributed by atoms with E-state index in [9.17, 15) is 14.4 Å². The van der Waals surface area contributed by atoms with E-state index < -0.39 is 6.10 Å². The maximum absolute atomic E-state index is 13.0. The first-order valence-electron chi connectivity index (χ1n) is 37.5. The lowest BCUT2D eigenvalue weighted by atomic mass is 10.0. The van der Waals surface area contributed by atoms with Crippen molar-refractivity contribution in [2.24, 2.45) is 0 Å². The van der Waals surface area contributed by atoms with Gasteiger partial charge in [-0.25, -0.2) is 0 Å². The third-order valence-electron chi connectivity index (χ3n) is 17.1. The van der Waals surface area contributed by atoms with Crippen LogP contribution in [0.1, 0.15) is 419 Å². The summed E-state index contributed by atoms with van der Waals surface area (Å²) in [4.78, 5) is 38.5. The second kappa shape index (κ2) is 72.1. The van der Waals surface area contributed by atoms with Crippen LogP contribution in [0.25, 0.3) is 0 Å². The molecule has 1 atom stereocenters. The molecule has 0 radical (unpaired) electrons. The molecule has 0 saturated carbocycles. The molecule has 0 rings (SSSR count). The van der Waals surface area contributed by atoms with Gasteiger partial charge in [0, 0.05) is 19.3 Å². The van der Waals surface area contributed by atoms with Crippen molar-refractivity contribution in [3.05, 3.63) is 36.5 Å². The fourth-order valence-electron chi connectivity index (χ4n) is 11.5. The highest BCUT2D eigenvalue weighted by atomic mass is 16.6. The number of carbonyl (C=O) groups excluding carboxylic acids is 3. The molecule has 0 aromatic carbocycles. The maximum Gasteiger partial charge on any atom is 0.306 e. The Labute approximate surface area is 518 Å². The lowest BCUT2D eigenvalue weighted by Gasteiger charge is -2.18. The molecular weight excluding hydrogens is 1020 g/mol. The third-order valence-corrected chi connectivity index (χ3v) is 17.1. The predicted molar refractivity (Wildman–Crippen MR) is 362 cm³/mol. The zero-order chi connectivity index (χ0) is 59.9. The van der Waals surface area contributed by atoms with Gasteiger partial charge in [-0.15, -0.1) is 0 Å². The van der Waals surface area contributed by atoms with E-state index in [2.05, 4.69) is 57.2 Å². The van der Waals surface area contributed by atoms with Crippen molar-refractivity contribution in [3.8, 4) is 0 Å². The number of carbonyl (C=O) groups is 3. The summed E-state index contributed by atoms with van der Waals surface area (Å²) in [5.41, 5.74) is 0. The average Bonchev–Trinajstić information content (AvgIpc) is 3.49. The molecule has 6 nitrogen and oxygen atoms in total. The van der Waals surface area contributed by atoms with Crippen LogP contribution >= 0.6 is 0 Å².